The second kappa shape index (κ2) is 5.40. The van der Waals surface area contributed by atoms with Crippen molar-refractivity contribution in [3.63, 3.8) is 0 Å². The molecular weight excluding hydrogens is 404 g/mol. The standard InChI is InChI=1S/C26H16N2O4/c1-27-23(29)15-7-3-11-13-5-9-17-22-18(26(32)28(2)25(17)31)10-6-14(20(13)22)12-4-8-16(24(27)30)21(15)19(11)12/h3-10,15,17H,1-2H3. The van der Waals surface area contributed by atoms with Crippen molar-refractivity contribution in [1.82, 2.24) is 9.80 Å². The summed E-state index contributed by atoms with van der Waals surface area (Å²) in [5.41, 5.74) is 4.45. The van der Waals surface area contributed by atoms with Gasteiger partial charge >= 0.3 is 0 Å². The van der Waals surface area contributed by atoms with Gasteiger partial charge < -0.3 is 0 Å². The first-order valence-corrected chi connectivity index (χ1v) is 10.5. The van der Waals surface area contributed by atoms with Crippen LogP contribution in [-0.2, 0) is 9.59 Å². The van der Waals surface area contributed by atoms with Crippen LogP contribution in [0, 0.1) is 0 Å². The maximum Gasteiger partial charge on any atom is 0.260 e. The third-order valence-corrected chi connectivity index (χ3v) is 7.41. The molecule has 0 saturated heterocycles. The molecule has 154 valence electrons. The van der Waals surface area contributed by atoms with Crippen LogP contribution < -0.4 is 0 Å². The molecule has 2 aliphatic carbocycles. The molecule has 2 atom stereocenters. The summed E-state index contributed by atoms with van der Waals surface area (Å²) in [6, 6.07) is 7.43. The highest BCUT2D eigenvalue weighted by molar-refractivity contribution is 6.26. The highest BCUT2D eigenvalue weighted by Gasteiger charge is 2.42. The predicted octanol–water partition coefficient (Wildman–Crippen LogP) is 3.44. The van der Waals surface area contributed by atoms with Crippen LogP contribution in [-0.4, -0.2) is 47.5 Å². The number of carbonyl (C=O) groups excluding carboxylic acids is 4. The van der Waals surface area contributed by atoms with Gasteiger partial charge in [0.25, 0.3) is 11.8 Å². The summed E-state index contributed by atoms with van der Waals surface area (Å²) in [6.07, 6.45) is 7.60. The number of hydrogen-bond acceptors (Lipinski definition) is 4. The fourth-order valence-electron chi connectivity index (χ4n) is 5.87. The Labute approximate surface area is 182 Å². The monoisotopic (exact) mass is 420 g/mol. The second-order valence-electron chi connectivity index (χ2n) is 8.80. The maximum absolute atomic E-state index is 12.9. The second-order valence-corrected chi connectivity index (χ2v) is 8.80. The van der Waals surface area contributed by atoms with E-state index in [-0.39, 0.29) is 23.6 Å². The molecule has 0 bridgehead atoms. The zero-order chi connectivity index (χ0) is 22.0. The molecule has 2 aliphatic heterocycles. The van der Waals surface area contributed by atoms with Crippen LogP contribution in [0.15, 0.2) is 36.4 Å². The van der Waals surface area contributed by atoms with E-state index in [1.165, 1.54) is 23.9 Å². The van der Waals surface area contributed by atoms with Crippen LogP contribution in [0.4, 0.5) is 0 Å². The van der Waals surface area contributed by atoms with E-state index in [9.17, 15) is 19.2 Å². The molecule has 6 nitrogen and oxygen atoms in total. The lowest BCUT2D eigenvalue weighted by molar-refractivity contribution is -0.129. The molecule has 0 saturated carbocycles. The zero-order valence-corrected chi connectivity index (χ0v) is 17.3. The average molecular weight is 420 g/mol. The van der Waals surface area contributed by atoms with Crippen LogP contribution in [0.2, 0.25) is 0 Å². The van der Waals surface area contributed by atoms with Gasteiger partial charge in [-0.05, 0) is 55.9 Å². The minimum absolute atomic E-state index is 0.231. The lowest BCUT2D eigenvalue weighted by Gasteiger charge is -2.35. The molecule has 6 heteroatoms. The van der Waals surface area contributed by atoms with Crippen molar-refractivity contribution < 1.29 is 19.2 Å². The van der Waals surface area contributed by atoms with E-state index in [1.807, 2.05) is 36.4 Å². The highest BCUT2D eigenvalue weighted by atomic mass is 16.2. The Bertz CT molecular complexity index is 1470. The normalized spacial score (nSPS) is 22.6. The van der Waals surface area contributed by atoms with Crippen molar-refractivity contribution in [1.29, 1.82) is 0 Å². The van der Waals surface area contributed by atoms with E-state index in [2.05, 4.69) is 0 Å². The molecule has 2 heterocycles. The molecule has 3 aromatic rings. The number of carbonyl (C=O) groups is 4. The van der Waals surface area contributed by atoms with E-state index in [1.54, 1.807) is 12.1 Å². The minimum Gasteiger partial charge on any atom is -0.281 e. The first-order valence-electron chi connectivity index (χ1n) is 10.5. The number of likely N-dealkylation sites (N-methyl/N-ethyl adjacent to an activating group) is 2. The van der Waals surface area contributed by atoms with Gasteiger partial charge in [0.2, 0.25) is 11.8 Å². The fraction of sp³-hybridized carbons (Fsp3) is 0.154. The SMILES string of the molecule is CN1C(=O)c2ccc3c4c(c5c6c7c(ccc63)C(=O)N(C)C(=O)C7C=C5)C=CC(C1=O)c24. The first-order chi connectivity index (χ1) is 15.4. The summed E-state index contributed by atoms with van der Waals surface area (Å²) in [6.45, 7) is 0. The molecule has 0 spiro atoms. The van der Waals surface area contributed by atoms with Gasteiger partial charge in [-0.1, -0.05) is 36.4 Å². The third kappa shape index (κ3) is 1.75. The summed E-state index contributed by atoms with van der Waals surface area (Å²) in [7, 11) is 3.04. The lowest BCUT2D eigenvalue weighted by Crippen LogP contribution is -2.42. The van der Waals surface area contributed by atoms with Crippen LogP contribution >= 0.6 is 0 Å². The number of rotatable bonds is 0. The van der Waals surface area contributed by atoms with E-state index in [0.717, 1.165) is 43.8 Å². The molecule has 0 fully saturated rings. The lowest BCUT2D eigenvalue weighted by atomic mass is 9.73. The van der Waals surface area contributed by atoms with Crippen LogP contribution in [0.1, 0.15) is 54.8 Å². The topological polar surface area (TPSA) is 74.8 Å². The smallest absolute Gasteiger partial charge is 0.260 e. The molecule has 0 aromatic heterocycles. The Morgan fingerprint density at radius 3 is 1.44 bits per heavy atom. The molecule has 4 amide bonds. The molecular formula is C26H16N2O4. The Morgan fingerprint density at radius 1 is 0.625 bits per heavy atom. The number of imide groups is 2. The number of benzene rings is 3. The largest absolute Gasteiger partial charge is 0.281 e. The Kier molecular flexibility index (Phi) is 2.97. The predicted molar refractivity (Wildman–Crippen MR) is 119 cm³/mol. The van der Waals surface area contributed by atoms with Crippen molar-refractivity contribution in [2.75, 3.05) is 14.1 Å². The van der Waals surface area contributed by atoms with Crippen LogP contribution in [0.3, 0.4) is 0 Å². The molecule has 4 aliphatic rings. The van der Waals surface area contributed by atoms with Gasteiger partial charge in [0, 0.05) is 25.2 Å². The number of fused-ring (bicyclic) bond motifs is 2. The van der Waals surface area contributed by atoms with E-state index >= 15 is 0 Å². The Balaban J connectivity index is 1.69. The number of hydrogen-bond donors (Lipinski definition) is 0. The van der Waals surface area contributed by atoms with Crippen molar-refractivity contribution in [3.05, 3.63) is 69.8 Å². The molecule has 0 radical (unpaired) electrons. The molecule has 0 N–H and O–H groups in total. The summed E-state index contributed by atoms with van der Waals surface area (Å²) in [5.74, 6) is -2.04. The molecule has 3 aromatic carbocycles. The average Bonchev–Trinajstić information content (AvgIpc) is 2.82. The summed E-state index contributed by atoms with van der Waals surface area (Å²) >= 11 is 0. The summed E-state index contributed by atoms with van der Waals surface area (Å²) in [4.78, 5) is 53.9. The molecule has 2 unspecified atom stereocenters. The number of amides is 4. The first kappa shape index (κ1) is 17.6. The van der Waals surface area contributed by atoms with Crippen molar-refractivity contribution in [2.45, 2.75) is 11.8 Å². The Morgan fingerprint density at radius 2 is 1.03 bits per heavy atom. The van der Waals surface area contributed by atoms with Gasteiger partial charge in [-0.25, -0.2) is 0 Å². The Hall–Kier alpha value is -4.06. The minimum atomic E-state index is -0.497. The van der Waals surface area contributed by atoms with E-state index in [4.69, 9.17) is 0 Å². The summed E-state index contributed by atoms with van der Waals surface area (Å²) in [5, 5.41) is 3.65. The van der Waals surface area contributed by atoms with Gasteiger partial charge in [0.15, 0.2) is 0 Å². The van der Waals surface area contributed by atoms with Crippen molar-refractivity contribution in [2.24, 2.45) is 0 Å². The number of nitrogens with zero attached hydrogens (tertiary/aromatic N) is 2. The maximum atomic E-state index is 12.9. The third-order valence-electron chi connectivity index (χ3n) is 7.41. The van der Waals surface area contributed by atoms with Gasteiger partial charge in [0.1, 0.15) is 0 Å². The fourth-order valence-corrected chi connectivity index (χ4v) is 5.87. The van der Waals surface area contributed by atoms with Crippen molar-refractivity contribution >= 4 is 57.3 Å². The van der Waals surface area contributed by atoms with E-state index in [0.29, 0.717) is 11.1 Å². The van der Waals surface area contributed by atoms with Gasteiger partial charge in [-0.3, -0.25) is 29.0 Å². The van der Waals surface area contributed by atoms with Crippen molar-refractivity contribution in [3.8, 4) is 0 Å². The van der Waals surface area contributed by atoms with Crippen LogP contribution in [0.25, 0.3) is 33.7 Å². The zero-order valence-electron chi connectivity index (χ0n) is 17.3. The highest BCUT2D eigenvalue weighted by Crippen LogP contribution is 2.49. The van der Waals surface area contributed by atoms with E-state index < -0.39 is 11.8 Å². The van der Waals surface area contributed by atoms with Gasteiger partial charge in [0.05, 0.1) is 11.8 Å². The molecule has 7 rings (SSSR count). The van der Waals surface area contributed by atoms with Crippen LogP contribution in [0.5, 0.6) is 0 Å². The summed E-state index contributed by atoms with van der Waals surface area (Å²) < 4.78 is 0. The quantitative estimate of drug-likeness (QED) is 0.413. The molecule has 32 heavy (non-hydrogen) atoms. The van der Waals surface area contributed by atoms with Gasteiger partial charge in [-0.2, -0.15) is 0 Å². The van der Waals surface area contributed by atoms with Gasteiger partial charge in [-0.15, -0.1) is 0 Å².